The van der Waals surface area contributed by atoms with Crippen LogP contribution >= 0.6 is 11.6 Å². The van der Waals surface area contributed by atoms with Gasteiger partial charge in [-0.05, 0) is 56.7 Å². The van der Waals surface area contributed by atoms with Crippen molar-refractivity contribution in [3.8, 4) is 5.75 Å². The van der Waals surface area contributed by atoms with E-state index in [-0.39, 0.29) is 11.8 Å². The lowest BCUT2D eigenvalue weighted by Crippen LogP contribution is -2.29. The van der Waals surface area contributed by atoms with Crippen molar-refractivity contribution < 1.29 is 13.2 Å². The first-order chi connectivity index (χ1) is 10.5. The quantitative estimate of drug-likeness (QED) is 0.732. The van der Waals surface area contributed by atoms with Crippen LogP contribution in [0.5, 0.6) is 5.75 Å². The van der Waals surface area contributed by atoms with Crippen LogP contribution in [-0.2, 0) is 10.0 Å². The Hall–Kier alpha value is -0.780. The van der Waals surface area contributed by atoms with E-state index in [2.05, 4.69) is 4.72 Å². The average Bonchev–Trinajstić information content (AvgIpc) is 2.98. The predicted molar refractivity (Wildman–Crippen MR) is 90.0 cm³/mol. The van der Waals surface area contributed by atoms with Crippen LogP contribution in [0.15, 0.2) is 24.3 Å². The molecule has 0 heterocycles. The Kier molecular flexibility index (Phi) is 6.53. The van der Waals surface area contributed by atoms with Gasteiger partial charge in [0.05, 0.1) is 11.9 Å². The summed E-state index contributed by atoms with van der Waals surface area (Å²) in [6.07, 6.45) is 5.40. The van der Waals surface area contributed by atoms with Gasteiger partial charge in [-0.1, -0.05) is 12.1 Å². The minimum atomic E-state index is -3.30. The molecule has 0 amide bonds. The highest BCUT2D eigenvalue weighted by molar-refractivity contribution is 7.89. The van der Waals surface area contributed by atoms with Gasteiger partial charge >= 0.3 is 0 Å². The van der Waals surface area contributed by atoms with Crippen molar-refractivity contribution in [1.82, 2.24) is 4.72 Å². The van der Waals surface area contributed by atoms with Gasteiger partial charge < -0.3 is 4.74 Å². The fourth-order valence-corrected chi connectivity index (χ4v) is 4.31. The molecule has 1 aromatic rings. The molecule has 1 aliphatic rings. The zero-order chi connectivity index (χ0) is 16.0. The molecule has 0 spiro atoms. The van der Waals surface area contributed by atoms with E-state index >= 15 is 0 Å². The number of sulfonamides is 1. The monoisotopic (exact) mass is 345 g/mol. The molecule has 2 rings (SSSR count). The maximum atomic E-state index is 11.9. The Morgan fingerprint density at radius 1 is 1.36 bits per heavy atom. The molecule has 124 valence electrons. The lowest BCUT2D eigenvalue weighted by Gasteiger charge is -2.17. The van der Waals surface area contributed by atoms with Crippen molar-refractivity contribution in [2.45, 2.75) is 51.2 Å². The molecule has 1 fully saturated rings. The first-order valence-corrected chi connectivity index (χ1v) is 10.0. The van der Waals surface area contributed by atoms with E-state index in [0.717, 1.165) is 24.2 Å². The van der Waals surface area contributed by atoms with E-state index in [0.29, 0.717) is 18.4 Å². The molecule has 0 aliphatic heterocycles. The molecule has 1 N–H and O–H groups in total. The van der Waals surface area contributed by atoms with Crippen molar-refractivity contribution in [3.63, 3.8) is 0 Å². The minimum Gasteiger partial charge on any atom is -0.490 e. The molecule has 0 saturated heterocycles. The van der Waals surface area contributed by atoms with E-state index < -0.39 is 10.0 Å². The molecule has 4 nitrogen and oxygen atoms in total. The summed E-state index contributed by atoms with van der Waals surface area (Å²) in [7, 11) is -3.30. The number of hydrogen-bond donors (Lipinski definition) is 1. The van der Waals surface area contributed by atoms with Crippen LogP contribution in [0.3, 0.4) is 0 Å². The second kappa shape index (κ2) is 8.18. The van der Waals surface area contributed by atoms with Gasteiger partial charge in [-0.3, -0.25) is 0 Å². The Labute approximate surface area is 138 Å². The van der Waals surface area contributed by atoms with Gasteiger partial charge in [-0.15, -0.1) is 11.6 Å². The Bertz CT molecular complexity index is 571. The molecule has 0 aromatic heterocycles. The lowest BCUT2D eigenvalue weighted by molar-refractivity contribution is 0.210. The van der Waals surface area contributed by atoms with Crippen molar-refractivity contribution >= 4 is 21.6 Å². The highest BCUT2D eigenvalue weighted by Gasteiger charge is 2.18. The van der Waals surface area contributed by atoms with Crippen molar-refractivity contribution in [2.24, 2.45) is 0 Å². The van der Waals surface area contributed by atoms with Crippen molar-refractivity contribution in [2.75, 3.05) is 11.6 Å². The molecule has 0 unspecified atom stereocenters. The summed E-state index contributed by atoms with van der Waals surface area (Å²) in [5.41, 5.74) is 0.907. The number of hydrogen-bond acceptors (Lipinski definition) is 3. The van der Waals surface area contributed by atoms with Crippen LogP contribution in [0.25, 0.3) is 0 Å². The Balaban J connectivity index is 1.98. The summed E-state index contributed by atoms with van der Waals surface area (Å²) in [5.74, 6) is 1.22. The van der Waals surface area contributed by atoms with Crippen LogP contribution in [0.4, 0.5) is 0 Å². The maximum absolute atomic E-state index is 11.9. The van der Waals surface area contributed by atoms with Gasteiger partial charge in [0, 0.05) is 11.9 Å². The number of benzene rings is 1. The van der Waals surface area contributed by atoms with Crippen molar-refractivity contribution in [3.05, 3.63) is 29.8 Å². The fraction of sp³-hybridized carbons (Fsp3) is 0.625. The van der Waals surface area contributed by atoms with E-state index in [1.54, 1.807) is 0 Å². The molecule has 1 aliphatic carbocycles. The minimum absolute atomic E-state index is 0.0547. The molecular weight excluding hydrogens is 322 g/mol. The normalized spacial score (nSPS) is 17.5. The third kappa shape index (κ3) is 5.45. The number of ether oxygens (including phenoxy) is 1. The van der Waals surface area contributed by atoms with E-state index in [4.69, 9.17) is 16.3 Å². The highest BCUT2D eigenvalue weighted by atomic mass is 35.5. The van der Waals surface area contributed by atoms with Gasteiger partial charge in [0.1, 0.15) is 5.75 Å². The number of alkyl halides is 1. The lowest BCUT2D eigenvalue weighted by atomic mass is 10.1. The first-order valence-electron chi connectivity index (χ1n) is 7.83. The van der Waals surface area contributed by atoms with Crippen LogP contribution in [0.1, 0.15) is 50.6 Å². The molecule has 0 bridgehead atoms. The van der Waals surface area contributed by atoms with Gasteiger partial charge in [-0.2, -0.15) is 0 Å². The second-order valence-corrected chi connectivity index (χ2v) is 8.05. The van der Waals surface area contributed by atoms with Gasteiger partial charge in [0.25, 0.3) is 0 Å². The summed E-state index contributed by atoms with van der Waals surface area (Å²) >= 11 is 5.55. The molecule has 1 atom stereocenters. The van der Waals surface area contributed by atoms with Crippen LogP contribution in [0.2, 0.25) is 0 Å². The average molecular weight is 346 g/mol. The molecule has 1 saturated carbocycles. The highest BCUT2D eigenvalue weighted by Crippen LogP contribution is 2.26. The smallest absolute Gasteiger partial charge is 0.212 e. The van der Waals surface area contributed by atoms with Gasteiger partial charge in [0.2, 0.25) is 10.0 Å². The first kappa shape index (κ1) is 17.6. The second-order valence-electron chi connectivity index (χ2n) is 5.80. The Morgan fingerprint density at radius 2 is 2.09 bits per heavy atom. The topological polar surface area (TPSA) is 55.4 Å². The third-order valence-corrected chi connectivity index (χ3v) is 5.67. The third-order valence-electron chi connectivity index (χ3n) is 3.87. The van der Waals surface area contributed by atoms with E-state index in [9.17, 15) is 8.42 Å². The zero-order valence-corrected chi connectivity index (χ0v) is 14.5. The summed E-state index contributed by atoms with van der Waals surface area (Å²) in [4.78, 5) is 0. The number of rotatable bonds is 8. The van der Waals surface area contributed by atoms with Crippen LogP contribution in [0, 0.1) is 0 Å². The van der Waals surface area contributed by atoms with Crippen LogP contribution in [-0.4, -0.2) is 26.2 Å². The zero-order valence-electron chi connectivity index (χ0n) is 12.9. The summed E-state index contributed by atoms with van der Waals surface area (Å²) < 4.78 is 32.5. The molecule has 0 radical (unpaired) electrons. The van der Waals surface area contributed by atoms with E-state index in [1.807, 2.05) is 31.2 Å². The largest absolute Gasteiger partial charge is 0.490 e. The van der Waals surface area contributed by atoms with E-state index in [1.165, 1.54) is 12.8 Å². The van der Waals surface area contributed by atoms with Gasteiger partial charge in [0.15, 0.2) is 0 Å². The maximum Gasteiger partial charge on any atom is 0.212 e. The van der Waals surface area contributed by atoms with Gasteiger partial charge in [-0.25, -0.2) is 13.1 Å². The molecule has 1 aromatic carbocycles. The standard InChI is InChI=1S/C16H24ClNO3S/c1-13(18-22(19,20)11-5-10-17)14-6-4-9-16(12-14)21-15-7-2-3-8-15/h4,6,9,12-13,15,18H,2-3,5,7-8,10-11H2,1H3/t13-/m1/s1. The SMILES string of the molecule is C[C@@H](NS(=O)(=O)CCCCl)c1cccc(OC2CCCC2)c1. The van der Waals surface area contributed by atoms with Crippen molar-refractivity contribution in [1.29, 1.82) is 0 Å². The molecule has 22 heavy (non-hydrogen) atoms. The summed E-state index contributed by atoms with van der Waals surface area (Å²) in [6, 6.07) is 7.38. The summed E-state index contributed by atoms with van der Waals surface area (Å²) in [5, 5.41) is 0. The fourth-order valence-electron chi connectivity index (χ4n) is 2.70. The molecular formula is C16H24ClNO3S. The number of halogens is 1. The summed E-state index contributed by atoms with van der Waals surface area (Å²) in [6.45, 7) is 1.84. The molecule has 6 heteroatoms. The number of nitrogens with one attached hydrogen (secondary N) is 1. The Morgan fingerprint density at radius 3 is 2.77 bits per heavy atom. The van der Waals surface area contributed by atoms with Crippen LogP contribution < -0.4 is 9.46 Å². The predicted octanol–water partition coefficient (Wildman–Crippen LogP) is 3.62.